The normalized spacial score (nSPS) is 25.2. The minimum Gasteiger partial charge on any atom is -0.316 e. The Morgan fingerprint density at radius 1 is 1.40 bits per heavy atom. The average molecular weight is 305 g/mol. The summed E-state index contributed by atoms with van der Waals surface area (Å²) in [5, 5.41) is 3.54. The van der Waals surface area contributed by atoms with Crippen molar-refractivity contribution >= 4 is 9.84 Å². The van der Waals surface area contributed by atoms with Crippen LogP contribution in [0.15, 0.2) is 0 Å². The van der Waals surface area contributed by atoms with Gasteiger partial charge in [0.05, 0.1) is 11.5 Å². The maximum absolute atomic E-state index is 11.6. The van der Waals surface area contributed by atoms with Gasteiger partial charge in [-0.3, -0.25) is 0 Å². The SMILES string of the molecule is CCC(C)(CNCC(C)C)CN(C)C1CCS(=O)(=O)C1. The Morgan fingerprint density at radius 2 is 2.05 bits per heavy atom. The molecule has 1 rings (SSSR count). The topological polar surface area (TPSA) is 49.4 Å². The first-order valence-corrected chi connectivity index (χ1v) is 9.61. The third-order valence-corrected chi connectivity index (χ3v) is 6.17. The first-order chi connectivity index (χ1) is 9.17. The van der Waals surface area contributed by atoms with Gasteiger partial charge in [-0.2, -0.15) is 0 Å². The smallest absolute Gasteiger partial charge is 0.151 e. The standard InChI is InChI=1S/C15H32N2O2S/c1-6-15(4,11-16-9-13(2)3)12-17(5)14-7-8-20(18,19)10-14/h13-14,16H,6-12H2,1-5H3. The number of hydrogen-bond donors (Lipinski definition) is 1. The lowest BCUT2D eigenvalue weighted by Gasteiger charge is -2.36. The van der Waals surface area contributed by atoms with Gasteiger partial charge in [-0.1, -0.05) is 27.7 Å². The number of nitrogens with one attached hydrogen (secondary N) is 1. The van der Waals surface area contributed by atoms with Gasteiger partial charge in [0.2, 0.25) is 0 Å². The largest absolute Gasteiger partial charge is 0.316 e. The molecule has 1 heterocycles. The van der Waals surface area contributed by atoms with Crippen LogP contribution in [0.5, 0.6) is 0 Å². The highest BCUT2D eigenvalue weighted by Crippen LogP contribution is 2.25. The lowest BCUT2D eigenvalue weighted by Crippen LogP contribution is -2.45. The van der Waals surface area contributed by atoms with Crippen LogP contribution in [0.3, 0.4) is 0 Å². The molecule has 0 aliphatic carbocycles. The summed E-state index contributed by atoms with van der Waals surface area (Å²) in [6, 6.07) is 0.205. The van der Waals surface area contributed by atoms with Crippen LogP contribution in [0.1, 0.15) is 40.5 Å². The number of sulfone groups is 1. The molecule has 4 nitrogen and oxygen atoms in total. The van der Waals surface area contributed by atoms with Crippen LogP contribution in [0.2, 0.25) is 0 Å². The fourth-order valence-corrected chi connectivity index (χ4v) is 4.61. The molecule has 2 unspecified atom stereocenters. The molecular formula is C15H32N2O2S. The summed E-state index contributed by atoms with van der Waals surface area (Å²) in [5.41, 5.74) is 0.204. The average Bonchev–Trinajstić information content (AvgIpc) is 2.69. The van der Waals surface area contributed by atoms with Gasteiger partial charge in [-0.05, 0) is 37.8 Å². The molecule has 0 aromatic rings. The van der Waals surface area contributed by atoms with Crippen molar-refractivity contribution in [2.24, 2.45) is 11.3 Å². The van der Waals surface area contributed by atoms with Crippen molar-refractivity contribution in [3.8, 4) is 0 Å². The summed E-state index contributed by atoms with van der Waals surface area (Å²) in [7, 11) is -0.717. The maximum atomic E-state index is 11.6. The van der Waals surface area contributed by atoms with E-state index in [1.165, 1.54) is 0 Å². The monoisotopic (exact) mass is 304 g/mol. The predicted molar refractivity (Wildman–Crippen MR) is 85.8 cm³/mol. The second-order valence-corrected chi connectivity index (χ2v) is 9.39. The molecule has 0 bridgehead atoms. The molecule has 120 valence electrons. The molecule has 0 saturated carbocycles. The quantitative estimate of drug-likeness (QED) is 0.742. The van der Waals surface area contributed by atoms with E-state index < -0.39 is 9.84 Å². The van der Waals surface area contributed by atoms with E-state index in [-0.39, 0.29) is 11.5 Å². The number of hydrogen-bond acceptors (Lipinski definition) is 4. The van der Waals surface area contributed by atoms with Gasteiger partial charge in [0, 0.05) is 19.1 Å². The van der Waals surface area contributed by atoms with Gasteiger partial charge >= 0.3 is 0 Å². The van der Waals surface area contributed by atoms with Crippen LogP contribution in [0.25, 0.3) is 0 Å². The number of nitrogens with zero attached hydrogens (tertiary/aromatic N) is 1. The Kier molecular flexibility index (Phi) is 6.48. The van der Waals surface area contributed by atoms with Crippen LogP contribution in [0, 0.1) is 11.3 Å². The second-order valence-electron chi connectivity index (χ2n) is 7.16. The lowest BCUT2D eigenvalue weighted by molar-refractivity contribution is 0.148. The molecule has 1 fully saturated rings. The molecule has 1 saturated heterocycles. The Labute approximate surface area is 125 Å². The van der Waals surface area contributed by atoms with Crippen LogP contribution in [-0.4, -0.2) is 57.5 Å². The van der Waals surface area contributed by atoms with Gasteiger partial charge in [-0.15, -0.1) is 0 Å². The Hall–Kier alpha value is -0.130. The van der Waals surface area contributed by atoms with E-state index in [0.717, 1.165) is 32.5 Å². The predicted octanol–water partition coefficient (Wildman–Crippen LogP) is 1.77. The minimum atomic E-state index is -2.79. The summed E-state index contributed by atoms with van der Waals surface area (Å²) < 4.78 is 23.2. The van der Waals surface area contributed by atoms with Crippen molar-refractivity contribution in [2.75, 3.05) is 38.2 Å². The van der Waals surface area contributed by atoms with E-state index in [1.54, 1.807) is 0 Å². The number of rotatable bonds is 8. The highest BCUT2D eigenvalue weighted by atomic mass is 32.2. The van der Waals surface area contributed by atoms with Gasteiger partial charge in [0.25, 0.3) is 0 Å². The minimum absolute atomic E-state index is 0.204. The third-order valence-electron chi connectivity index (χ3n) is 4.42. The fourth-order valence-electron chi connectivity index (χ4n) is 2.81. The van der Waals surface area contributed by atoms with E-state index in [1.807, 2.05) is 0 Å². The molecule has 1 N–H and O–H groups in total. The van der Waals surface area contributed by atoms with Crippen molar-refractivity contribution in [1.82, 2.24) is 10.2 Å². The van der Waals surface area contributed by atoms with Crippen molar-refractivity contribution in [3.05, 3.63) is 0 Å². The summed E-state index contributed by atoms with van der Waals surface area (Å²) in [6.07, 6.45) is 1.89. The van der Waals surface area contributed by atoms with E-state index in [0.29, 0.717) is 17.4 Å². The van der Waals surface area contributed by atoms with Gasteiger partial charge in [-0.25, -0.2) is 8.42 Å². The Morgan fingerprint density at radius 3 is 2.50 bits per heavy atom. The zero-order valence-electron chi connectivity index (χ0n) is 13.8. The van der Waals surface area contributed by atoms with Crippen LogP contribution >= 0.6 is 0 Å². The molecule has 0 radical (unpaired) electrons. The molecular weight excluding hydrogens is 272 g/mol. The summed E-state index contributed by atoms with van der Waals surface area (Å²) >= 11 is 0. The van der Waals surface area contributed by atoms with Crippen molar-refractivity contribution in [3.63, 3.8) is 0 Å². The molecule has 0 aromatic heterocycles. The van der Waals surface area contributed by atoms with Gasteiger partial charge in [0.15, 0.2) is 9.84 Å². The zero-order chi connectivity index (χ0) is 15.4. The van der Waals surface area contributed by atoms with E-state index >= 15 is 0 Å². The zero-order valence-corrected chi connectivity index (χ0v) is 14.6. The highest BCUT2D eigenvalue weighted by molar-refractivity contribution is 7.91. The first-order valence-electron chi connectivity index (χ1n) is 7.79. The van der Waals surface area contributed by atoms with E-state index in [4.69, 9.17) is 0 Å². The molecule has 5 heteroatoms. The van der Waals surface area contributed by atoms with Crippen molar-refractivity contribution in [1.29, 1.82) is 0 Å². The summed E-state index contributed by atoms with van der Waals surface area (Å²) in [5.74, 6) is 1.35. The maximum Gasteiger partial charge on any atom is 0.151 e. The van der Waals surface area contributed by atoms with Crippen LogP contribution in [-0.2, 0) is 9.84 Å². The molecule has 0 amide bonds. The van der Waals surface area contributed by atoms with Crippen LogP contribution < -0.4 is 5.32 Å². The van der Waals surface area contributed by atoms with Crippen LogP contribution in [0.4, 0.5) is 0 Å². The molecule has 0 spiro atoms. The molecule has 1 aliphatic rings. The molecule has 20 heavy (non-hydrogen) atoms. The fraction of sp³-hybridized carbons (Fsp3) is 1.00. The molecule has 2 atom stereocenters. The Balaban J connectivity index is 2.49. The highest BCUT2D eigenvalue weighted by Gasteiger charge is 2.33. The van der Waals surface area contributed by atoms with Gasteiger partial charge in [0.1, 0.15) is 0 Å². The summed E-state index contributed by atoms with van der Waals surface area (Å²) in [6.45, 7) is 11.9. The van der Waals surface area contributed by atoms with Crippen molar-refractivity contribution < 1.29 is 8.42 Å². The second kappa shape index (κ2) is 7.23. The van der Waals surface area contributed by atoms with Gasteiger partial charge < -0.3 is 10.2 Å². The lowest BCUT2D eigenvalue weighted by atomic mass is 9.86. The van der Waals surface area contributed by atoms with E-state index in [2.05, 4.69) is 45.0 Å². The van der Waals surface area contributed by atoms with E-state index in [9.17, 15) is 8.42 Å². The molecule has 1 aliphatic heterocycles. The Bertz CT molecular complexity index is 395. The van der Waals surface area contributed by atoms with Crippen molar-refractivity contribution in [2.45, 2.75) is 46.6 Å². The third kappa shape index (κ3) is 5.70. The molecule has 0 aromatic carbocycles. The summed E-state index contributed by atoms with van der Waals surface area (Å²) in [4.78, 5) is 2.26. The first kappa shape index (κ1) is 17.9.